The van der Waals surface area contributed by atoms with E-state index in [-0.39, 0.29) is 12.5 Å². The van der Waals surface area contributed by atoms with Crippen LogP contribution in [0.25, 0.3) is 0 Å². The molecule has 0 aliphatic heterocycles. The average molecular weight is 255 g/mol. The number of carbonyl (C=O) groups excluding carboxylic acids is 1. The molecule has 1 atom stereocenters. The number of halogens is 3. The van der Waals surface area contributed by atoms with Gasteiger partial charge in [0.15, 0.2) is 0 Å². The van der Waals surface area contributed by atoms with E-state index in [0.29, 0.717) is 12.8 Å². The summed E-state index contributed by atoms with van der Waals surface area (Å²) in [5.41, 5.74) is 4.35. The van der Waals surface area contributed by atoms with Crippen LogP contribution in [0.3, 0.4) is 0 Å². The molecule has 1 unspecified atom stereocenters. The van der Waals surface area contributed by atoms with Crippen molar-refractivity contribution in [1.82, 2.24) is 0 Å². The summed E-state index contributed by atoms with van der Waals surface area (Å²) in [5, 5.41) is 0. The zero-order valence-corrected chi connectivity index (χ0v) is 9.55. The second-order valence-electron chi connectivity index (χ2n) is 4.14. The Morgan fingerprint density at radius 2 is 1.94 bits per heavy atom. The summed E-state index contributed by atoms with van der Waals surface area (Å²) in [6.45, 7) is -0.111. The summed E-state index contributed by atoms with van der Waals surface area (Å²) >= 11 is 0. The maximum atomic E-state index is 11.9. The Kier molecular flexibility index (Phi) is 4.37. The van der Waals surface area contributed by atoms with Gasteiger partial charge in [0.25, 0.3) is 0 Å². The molecule has 17 heavy (non-hydrogen) atoms. The van der Waals surface area contributed by atoms with Gasteiger partial charge in [0.2, 0.25) is 0 Å². The molecule has 1 aliphatic rings. The van der Waals surface area contributed by atoms with Crippen molar-refractivity contribution in [3.05, 3.63) is 0 Å². The first-order valence-electron chi connectivity index (χ1n) is 5.40. The molecule has 2 N–H and O–H groups in total. The maximum absolute atomic E-state index is 11.9. The standard InChI is InChI=1S/C10H16F3NO3/c1-2-17-8(15)9(14,7-3-4-7)5-16-6-10(11,12)13/h7H,2-6,14H2,1H3. The number of hydrogen-bond acceptors (Lipinski definition) is 4. The van der Waals surface area contributed by atoms with Gasteiger partial charge in [-0.2, -0.15) is 13.2 Å². The van der Waals surface area contributed by atoms with E-state index in [4.69, 9.17) is 10.5 Å². The largest absolute Gasteiger partial charge is 0.465 e. The molecule has 1 rings (SSSR count). The van der Waals surface area contributed by atoms with E-state index in [9.17, 15) is 18.0 Å². The Balaban J connectivity index is 2.50. The summed E-state index contributed by atoms with van der Waals surface area (Å²) in [6, 6.07) is 0. The molecule has 0 amide bonds. The highest BCUT2D eigenvalue weighted by molar-refractivity contribution is 5.81. The lowest BCUT2D eigenvalue weighted by molar-refractivity contribution is -0.183. The molecule has 0 saturated heterocycles. The van der Waals surface area contributed by atoms with Crippen LogP contribution in [0.2, 0.25) is 0 Å². The Morgan fingerprint density at radius 3 is 2.35 bits per heavy atom. The van der Waals surface area contributed by atoms with Crippen LogP contribution >= 0.6 is 0 Å². The highest BCUT2D eigenvalue weighted by atomic mass is 19.4. The molecular weight excluding hydrogens is 239 g/mol. The van der Waals surface area contributed by atoms with Gasteiger partial charge >= 0.3 is 12.1 Å². The number of rotatable bonds is 6. The maximum Gasteiger partial charge on any atom is 0.411 e. The fourth-order valence-corrected chi connectivity index (χ4v) is 1.54. The lowest BCUT2D eigenvalue weighted by atomic mass is 9.96. The van der Waals surface area contributed by atoms with E-state index in [0.717, 1.165) is 0 Å². The molecule has 1 saturated carbocycles. The second kappa shape index (κ2) is 5.22. The SMILES string of the molecule is CCOC(=O)C(N)(COCC(F)(F)F)C1CC1. The van der Waals surface area contributed by atoms with E-state index >= 15 is 0 Å². The normalized spacial score (nSPS) is 19.8. The Labute approximate surface area is 97.2 Å². The minimum Gasteiger partial charge on any atom is -0.465 e. The quantitative estimate of drug-likeness (QED) is 0.725. The Bertz CT molecular complexity index is 278. The molecule has 0 bridgehead atoms. The van der Waals surface area contributed by atoms with E-state index in [1.807, 2.05) is 0 Å². The van der Waals surface area contributed by atoms with Gasteiger partial charge in [-0.05, 0) is 25.7 Å². The van der Waals surface area contributed by atoms with Crippen LogP contribution in [-0.4, -0.2) is 37.5 Å². The van der Waals surface area contributed by atoms with Gasteiger partial charge in [0.05, 0.1) is 13.2 Å². The molecule has 0 aromatic rings. The van der Waals surface area contributed by atoms with Crippen LogP contribution in [0.15, 0.2) is 0 Å². The van der Waals surface area contributed by atoms with E-state index < -0.39 is 30.9 Å². The summed E-state index contributed by atoms with van der Waals surface area (Å²) < 4.78 is 45.0. The van der Waals surface area contributed by atoms with Crippen LogP contribution in [0.5, 0.6) is 0 Å². The van der Waals surface area contributed by atoms with Gasteiger partial charge in [-0.1, -0.05) is 0 Å². The van der Waals surface area contributed by atoms with Gasteiger partial charge in [0.1, 0.15) is 12.1 Å². The van der Waals surface area contributed by atoms with Crippen LogP contribution < -0.4 is 5.73 Å². The van der Waals surface area contributed by atoms with Gasteiger partial charge in [-0.25, -0.2) is 4.79 Å². The molecule has 100 valence electrons. The van der Waals surface area contributed by atoms with Crippen molar-refractivity contribution in [1.29, 1.82) is 0 Å². The topological polar surface area (TPSA) is 61.5 Å². The first-order chi connectivity index (χ1) is 7.79. The van der Waals surface area contributed by atoms with Gasteiger partial charge in [0, 0.05) is 0 Å². The third-order valence-corrected chi connectivity index (χ3v) is 2.57. The lowest BCUT2D eigenvalue weighted by Gasteiger charge is -2.26. The third kappa shape index (κ3) is 4.16. The number of alkyl halides is 3. The lowest BCUT2D eigenvalue weighted by Crippen LogP contribution is -2.55. The van der Waals surface area contributed by atoms with Crippen LogP contribution in [-0.2, 0) is 14.3 Å². The van der Waals surface area contributed by atoms with Crippen LogP contribution in [0.1, 0.15) is 19.8 Å². The zero-order chi connectivity index (χ0) is 13.1. The summed E-state index contributed by atoms with van der Waals surface area (Å²) in [6.07, 6.45) is -2.99. The van der Waals surface area contributed by atoms with Gasteiger partial charge < -0.3 is 15.2 Å². The average Bonchev–Trinajstić information content (AvgIpc) is 2.98. The van der Waals surface area contributed by atoms with Gasteiger partial charge in [-0.15, -0.1) is 0 Å². The molecule has 0 heterocycles. The predicted octanol–water partition coefficient (Wildman–Crippen LogP) is 1.24. The molecule has 7 heteroatoms. The molecular formula is C10H16F3NO3. The number of esters is 1. The van der Waals surface area contributed by atoms with Crippen LogP contribution in [0.4, 0.5) is 13.2 Å². The number of nitrogens with two attached hydrogens (primary N) is 1. The highest BCUT2D eigenvalue weighted by Crippen LogP contribution is 2.39. The van der Waals surface area contributed by atoms with Crippen LogP contribution in [0, 0.1) is 5.92 Å². The van der Waals surface area contributed by atoms with E-state index in [1.165, 1.54) is 0 Å². The highest BCUT2D eigenvalue weighted by Gasteiger charge is 2.50. The van der Waals surface area contributed by atoms with Crippen molar-refractivity contribution in [2.24, 2.45) is 11.7 Å². The zero-order valence-electron chi connectivity index (χ0n) is 9.55. The summed E-state index contributed by atoms with van der Waals surface area (Å²) in [7, 11) is 0. The van der Waals surface area contributed by atoms with Crippen molar-refractivity contribution in [2.75, 3.05) is 19.8 Å². The number of carbonyl (C=O) groups is 1. The first-order valence-corrected chi connectivity index (χ1v) is 5.40. The minimum atomic E-state index is -4.42. The first kappa shape index (κ1) is 14.2. The Hall–Kier alpha value is -0.820. The smallest absolute Gasteiger partial charge is 0.411 e. The minimum absolute atomic E-state index is 0.143. The molecule has 1 aliphatic carbocycles. The van der Waals surface area contributed by atoms with Crippen molar-refractivity contribution >= 4 is 5.97 Å². The molecule has 0 aromatic heterocycles. The molecule has 1 fully saturated rings. The van der Waals surface area contributed by atoms with Crippen molar-refractivity contribution in [2.45, 2.75) is 31.5 Å². The fourth-order valence-electron chi connectivity index (χ4n) is 1.54. The van der Waals surface area contributed by atoms with Gasteiger partial charge in [-0.3, -0.25) is 0 Å². The summed E-state index contributed by atoms with van der Waals surface area (Å²) in [4.78, 5) is 11.6. The monoisotopic (exact) mass is 255 g/mol. The third-order valence-electron chi connectivity index (χ3n) is 2.57. The van der Waals surface area contributed by atoms with Crippen molar-refractivity contribution in [3.63, 3.8) is 0 Å². The molecule has 4 nitrogen and oxygen atoms in total. The van der Waals surface area contributed by atoms with E-state index in [2.05, 4.69) is 4.74 Å². The van der Waals surface area contributed by atoms with Crippen molar-refractivity contribution < 1.29 is 27.4 Å². The Morgan fingerprint density at radius 1 is 1.35 bits per heavy atom. The number of ether oxygens (including phenoxy) is 2. The number of hydrogen-bond donors (Lipinski definition) is 1. The van der Waals surface area contributed by atoms with E-state index in [1.54, 1.807) is 6.92 Å². The second-order valence-corrected chi connectivity index (χ2v) is 4.14. The summed E-state index contributed by atoms with van der Waals surface area (Å²) in [5.74, 6) is -0.834. The fraction of sp³-hybridized carbons (Fsp3) is 0.900. The predicted molar refractivity (Wildman–Crippen MR) is 53.1 cm³/mol. The molecule has 0 radical (unpaired) electrons. The molecule has 0 spiro atoms. The molecule has 0 aromatic carbocycles. The van der Waals surface area contributed by atoms with Crippen molar-refractivity contribution in [3.8, 4) is 0 Å².